The molecule has 0 N–H and O–H groups in total. The van der Waals surface area contributed by atoms with Crippen LogP contribution in [0, 0.1) is 0 Å². The second-order valence-electron chi connectivity index (χ2n) is 6.23. The Morgan fingerprint density at radius 1 is 1.07 bits per heavy atom. The van der Waals surface area contributed by atoms with Crippen LogP contribution in [0.3, 0.4) is 0 Å². The van der Waals surface area contributed by atoms with Crippen molar-refractivity contribution >= 4 is 17.4 Å². The van der Waals surface area contributed by atoms with E-state index in [0.717, 1.165) is 40.2 Å². The molecular formula is C20H21N5OS. The first-order valence-electron chi connectivity index (χ1n) is 8.88. The molecule has 0 aliphatic heterocycles. The normalized spacial score (nSPS) is 11.2. The second kappa shape index (κ2) is 7.84. The number of aryl methyl sites for hydroxylation is 1. The minimum absolute atomic E-state index is 0.393. The third-order valence-electron chi connectivity index (χ3n) is 4.39. The van der Waals surface area contributed by atoms with Gasteiger partial charge in [0.05, 0.1) is 5.69 Å². The summed E-state index contributed by atoms with van der Waals surface area (Å²) in [5.74, 6) is 2.38. The summed E-state index contributed by atoms with van der Waals surface area (Å²) in [7, 11) is 1.96. The first kappa shape index (κ1) is 17.6. The van der Waals surface area contributed by atoms with Crippen LogP contribution in [0.1, 0.15) is 24.0 Å². The van der Waals surface area contributed by atoms with Crippen LogP contribution in [0.2, 0.25) is 0 Å². The van der Waals surface area contributed by atoms with Gasteiger partial charge in [0.15, 0.2) is 11.0 Å². The number of nitrogens with zero attached hydrogens (tertiary/aromatic N) is 5. The Hall–Kier alpha value is -2.80. The van der Waals surface area contributed by atoms with Crippen LogP contribution in [0.25, 0.3) is 5.65 Å². The number of fused-ring (bicyclic) bond motifs is 1. The predicted molar refractivity (Wildman–Crippen MR) is 106 cm³/mol. The molecule has 7 heteroatoms. The molecule has 4 aromatic rings. The van der Waals surface area contributed by atoms with Gasteiger partial charge >= 0.3 is 0 Å². The highest BCUT2D eigenvalue weighted by Crippen LogP contribution is 2.22. The number of hydrogen-bond acceptors (Lipinski definition) is 5. The lowest BCUT2D eigenvalue weighted by molar-refractivity contribution is 0.290. The summed E-state index contributed by atoms with van der Waals surface area (Å²) in [4.78, 5) is 4.61. The van der Waals surface area contributed by atoms with E-state index in [9.17, 15) is 0 Å². The highest BCUT2D eigenvalue weighted by Gasteiger charge is 2.11. The molecule has 0 unspecified atom stereocenters. The van der Waals surface area contributed by atoms with Crippen molar-refractivity contribution in [3.05, 3.63) is 71.9 Å². The van der Waals surface area contributed by atoms with E-state index in [1.54, 1.807) is 11.8 Å². The molecule has 4 rings (SSSR count). The van der Waals surface area contributed by atoms with Crippen LogP contribution in [-0.4, -0.2) is 24.1 Å². The molecule has 0 saturated carbocycles. The maximum atomic E-state index is 5.84. The lowest BCUT2D eigenvalue weighted by atomic mass is 10.2. The summed E-state index contributed by atoms with van der Waals surface area (Å²) < 4.78 is 9.84. The lowest BCUT2D eigenvalue weighted by Crippen LogP contribution is -2.04. The molecule has 0 aliphatic carbocycles. The highest BCUT2D eigenvalue weighted by atomic mass is 32.2. The number of imidazole rings is 1. The van der Waals surface area contributed by atoms with Crippen LogP contribution >= 0.6 is 11.8 Å². The van der Waals surface area contributed by atoms with Crippen LogP contribution in [0.5, 0.6) is 5.75 Å². The molecule has 0 saturated heterocycles. The van der Waals surface area contributed by atoms with Gasteiger partial charge in [-0.25, -0.2) is 4.98 Å². The van der Waals surface area contributed by atoms with Gasteiger partial charge in [0.1, 0.15) is 18.0 Å². The van der Waals surface area contributed by atoms with Crippen LogP contribution in [0.15, 0.2) is 60.0 Å². The first-order valence-corrected chi connectivity index (χ1v) is 9.87. The van der Waals surface area contributed by atoms with Crippen molar-refractivity contribution < 1.29 is 4.74 Å². The number of hydrogen-bond donors (Lipinski definition) is 0. The highest BCUT2D eigenvalue weighted by molar-refractivity contribution is 7.98. The van der Waals surface area contributed by atoms with Gasteiger partial charge in [-0.2, -0.15) is 0 Å². The summed E-state index contributed by atoms with van der Waals surface area (Å²) in [5, 5.41) is 9.40. The third-order valence-corrected chi connectivity index (χ3v) is 5.44. The van der Waals surface area contributed by atoms with Gasteiger partial charge in [0.2, 0.25) is 0 Å². The molecule has 3 heterocycles. The monoisotopic (exact) mass is 379 g/mol. The Labute approximate surface area is 162 Å². The summed E-state index contributed by atoms with van der Waals surface area (Å²) in [6, 6.07) is 14.1. The quantitative estimate of drug-likeness (QED) is 0.456. The van der Waals surface area contributed by atoms with Gasteiger partial charge < -0.3 is 13.7 Å². The number of rotatable bonds is 7. The van der Waals surface area contributed by atoms with Crippen LogP contribution in [-0.2, 0) is 25.8 Å². The Kier molecular flexibility index (Phi) is 5.11. The standard InChI is InChI=1S/C20H21N5OS/c1-3-15-7-9-17(10-8-15)26-13-19-22-23-20(24(19)2)27-14-16-12-25-11-5-4-6-18(25)21-16/h4-12H,3,13-14H2,1-2H3. The number of benzene rings is 1. The SMILES string of the molecule is CCc1ccc(OCc2nnc(SCc3cn4ccccc4n3)n2C)cc1. The van der Waals surface area contributed by atoms with Crippen LogP contribution < -0.4 is 4.74 Å². The van der Waals surface area contributed by atoms with E-state index >= 15 is 0 Å². The molecule has 0 spiro atoms. The molecule has 0 amide bonds. The Bertz CT molecular complexity index is 1010. The fourth-order valence-electron chi connectivity index (χ4n) is 2.76. The molecular weight excluding hydrogens is 358 g/mol. The Morgan fingerprint density at radius 2 is 1.93 bits per heavy atom. The van der Waals surface area contributed by atoms with Crippen LogP contribution in [0.4, 0.5) is 0 Å². The van der Waals surface area contributed by atoms with Crippen molar-refractivity contribution in [1.82, 2.24) is 24.1 Å². The molecule has 0 bridgehead atoms. The Morgan fingerprint density at radius 3 is 2.70 bits per heavy atom. The maximum absolute atomic E-state index is 5.84. The zero-order valence-electron chi connectivity index (χ0n) is 15.4. The Balaban J connectivity index is 1.37. The van der Waals surface area contributed by atoms with Crippen molar-refractivity contribution in [2.24, 2.45) is 7.05 Å². The van der Waals surface area contributed by atoms with E-state index in [0.29, 0.717) is 6.61 Å². The van der Waals surface area contributed by atoms with Gasteiger partial charge in [0.25, 0.3) is 0 Å². The molecule has 27 heavy (non-hydrogen) atoms. The largest absolute Gasteiger partial charge is 0.486 e. The number of thioether (sulfide) groups is 1. The van der Waals surface area contributed by atoms with Crippen molar-refractivity contribution in [3.63, 3.8) is 0 Å². The number of pyridine rings is 1. The molecule has 0 aliphatic rings. The second-order valence-corrected chi connectivity index (χ2v) is 7.17. The molecule has 3 aromatic heterocycles. The van der Waals surface area contributed by atoms with Gasteiger partial charge in [-0.15, -0.1) is 10.2 Å². The van der Waals surface area contributed by atoms with E-state index in [1.807, 2.05) is 58.7 Å². The summed E-state index contributed by atoms with van der Waals surface area (Å²) in [5.41, 5.74) is 3.27. The van der Waals surface area contributed by atoms with Crippen molar-refractivity contribution in [1.29, 1.82) is 0 Å². The average Bonchev–Trinajstić information content (AvgIpc) is 3.28. The molecule has 138 valence electrons. The minimum Gasteiger partial charge on any atom is -0.486 e. The van der Waals surface area contributed by atoms with Crippen molar-refractivity contribution in [2.45, 2.75) is 30.9 Å². The fraction of sp³-hybridized carbons (Fsp3) is 0.250. The van der Waals surface area contributed by atoms with E-state index in [1.165, 1.54) is 5.56 Å². The zero-order valence-corrected chi connectivity index (χ0v) is 16.2. The molecule has 0 fully saturated rings. The summed E-state index contributed by atoms with van der Waals surface area (Å²) >= 11 is 1.62. The zero-order chi connectivity index (χ0) is 18.6. The van der Waals surface area contributed by atoms with E-state index in [4.69, 9.17) is 4.74 Å². The van der Waals surface area contributed by atoms with Gasteiger partial charge in [-0.3, -0.25) is 0 Å². The topological polar surface area (TPSA) is 57.2 Å². The summed E-state index contributed by atoms with van der Waals surface area (Å²) in [6.45, 7) is 2.53. The fourth-order valence-corrected chi connectivity index (χ4v) is 3.57. The molecule has 0 atom stereocenters. The lowest BCUT2D eigenvalue weighted by Gasteiger charge is -2.07. The third kappa shape index (κ3) is 3.98. The number of ether oxygens (including phenoxy) is 1. The van der Waals surface area contributed by atoms with Gasteiger partial charge in [0, 0.05) is 25.2 Å². The molecule has 6 nitrogen and oxygen atoms in total. The first-order chi connectivity index (χ1) is 13.2. The molecule has 1 aromatic carbocycles. The van der Waals surface area contributed by atoms with Gasteiger partial charge in [-0.05, 0) is 36.2 Å². The average molecular weight is 379 g/mol. The number of aromatic nitrogens is 5. The van der Waals surface area contributed by atoms with Crippen molar-refractivity contribution in [2.75, 3.05) is 0 Å². The minimum atomic E-state index is 0.393. The van der Waals surface area contributed by atoms with E-state index in [2.05, 4.69) is 34.2 Å². The molecule has 0 radical (unpaired) electrons. The van der Waals surface area contributed by atoms with E-state index < -0.39 is 0 Å². The smallest absolute Gasteiger partial charge is 0.191 e. The summed E-state index contributed by atoms with van der Waals surface area (Å²) in [6.07, 6.45) is 5.07. The predicted octanol–water partition coefficient (Wildman–Crippen LogP) is 3.90. The van der Waals surface area contributed by atoms with E-state index in [-0.39, 0.29) is 0 Å². The van der Waals surface area contributed by atoms with Gasteiger partial charge in [-0.1, -0.05) is 36.9 Å². The van der Waals surface area contributed by atoms with Crippen molar-refractivity contribution in [3.8, 4) is 5.75 Å². The maximum Gasteiger partial charge on any atom is 0.191 e.